The Morgan fingerprint density at radius 1 is 1.00 bits per heavy atom. The molecule has 1 atom stereocenters. The number of amides is 2. The zero-order chi connectivity index (χ0) is 26.9. The molecule has 0 spiro atoms. The molecule has 0 radical (unpaired) electrons. The minimum atomic E-state index is -1.01. The summed E-state index contributed by atoms with van der Waals surface area (Å²) in [5.41, 5.74) is 1.46. The summed E-state index contributed by atoms with van der Waals surface area (Å²) in [5.74, 6) is -0.631. The minimum absolute atomic E-state index is 0.0386. The van der Waals surface area contributed by atoms with Crippen LogP contribution in [-0.4, -0.2) is 47.5 Å². The van der Waals surface area contributed by atoms with Crippen molar-refractivity contribution in [1.82, 2.24) is 15.3 Å². The second kappa shape index (κ2) is 12.8. The Labute approximate surface area is 222 Å². The van der Waals surface area contributed by atoms with Crippen LogP contribution in [0.5, 0.6) is 5.75 Å². The highest BCUT2D eigenvalue weighted by Gasteiger charge is 2.35. The molecule has 1 aliphatic rings. The lowest BCUT2D eigenvalue weighted by molar-refractivity contribution is -0.123. The molecule has 1 heterocycles. The number of nitrogens with zero attached hydrogens (tertiary/aromatic N) is 3. The molecule has 9 nitrogen and oxygen atoms in total. The summed E-state index contributed by atoms with van der Waals surface area (Å²) in [6, 6.07) is 12.5. The van der Waals surface area contributed by atoms with Gasteiger partial charge in [-0.25, -0.2) is 9.78 Å². The van der Waals surface area contributed by atoms with Gasteiger partial charge in [0.1, 0.15) is 17.5 Å². The number of benzene rings is 2. The van der Waals surface area contributed by atoms with Crippen molar-refractivity contribution < 1.29 is 23.9 Å². The molecule has 0 unspecified atom stereocenters. The van der Waals surface area contributed by atoms with Crippen LogP contribution in [0, 0.1) is 0 Å². The average molecular weight is 517 g/mol. The first-order valence-corrected chi connectivity index (χ1v) is 12.8. The Morgan fingerprint density at radius 2 is 1.71 bits per heavy atom. The van der Waals surface area contributed by atoms with Crippen LogP contribution >= 0.6 is 0 Å². The van der Waals surface area contributed by atoms with E-state index >= 15 is 0 Å². The van der Waals surface area contributed by atoms with Crippen molar-refractivity contribution in [2.45, 2.75) is 51.1 Å². The lowest BCUT2D eigenvalue weighted by Crippen LogP contribution is -2.47. The molecule has 1 aromatic heterocycles. The Bertz CT molecular complexity index is 1230. The molecule has 1 aliphatic carbocycles. The summed E-state index contributed by atoms with van der Waals surface area (Å²) in [4.78, 5) is 49.7. The molecular formula is C29H32N4O5. The fraction of sp³-hybridized carbons (Fsp3) is 0.345. The predicted octanol–water partition coefficient (Wildman–Crippen LogP) is 4.50. The number of anilines is 1. The molecule has 1 N–H and O–H groups in total. The van der Waals surface area contributed by atoms with Crippen molar-refractivity contribution in [2.24, 2.45) is 0 Å². The Balaban J connectivity index is 1.79. The smallest absolute Gasteiger partial charge is 0.338 e. The molecule has 2 amide bonds. The lowest BCUT2D eigenvalue weighted by atomic mass is 9.94. The maximum atomic E-state index is 13.9. The van der Waals surface area contributed by atoms with Crippen molar-refractivity contribution in [3.63, 3.8) is 0 Å². The molecule has 198 valence electrons. The van der Waals surface area contributed by atoms with Gasteiger partial charge in [0.25, 0.3) is 5.91 Å². The van der Waals surface area contributed by atoms with Gasteiger partial charge in [0.2, 0.25) is 5.91 Å². The van der Waals surface area contributed by atoms with Gasteiger partial charge in [-0.15, -0.1) is 0 Å². The SMILES string of the molecule is CCOC(=O)c1ccc(N(C(=O)c2cnccn2)[C@@H](C(=O)NC2CCCCC2)c2ccc(OC)cc2)cc1. The van der Waals surface area contributed by atoms with Crippen LogP contribution in [0.2, 0.25) is 0 Å². The number of aromatic nitrogens is 2. The third-order valence-corrected chi connectivity index (χ3v) is 6.55. The number of carbonyl (C=O) groups is 3. The van der Waals surface area contributed by atoms with Gasteiger partial charge in [-0.3, -0.25) is 19.5 Å². The minimum Gasteiger partial charge on any atom is -0.497 e. The van der Waals surface area contributed by atoms with E-state index < -0.39 is 17.9 Å². The van der Waals surface area contributed by atoms with Crippen molar-refractivity contribution in [3.8, 4) is 5.75 Å². The summed E-state index contributed by atoms with van der Waals surface area (Å²) >= 11 is 0. The third kappa shape index (κ3) is 6.34. The van der Waals surface area contributed by atoms with Gasteiger partial charge in [0.15, 0.2) is 0 Å². The zero-order valence-electron chi connectivity index (χ0n) is 21.6. The number of carbonyl (C=O) groups excluding carboxylic acids is 3. The van der Waals surface area contributed by atoms with Gasteiger partial charge in [-0.1, -0.05) is 31.4 Å². The van der Waals surface area contributed by atoms with E-state index in [9.17, 15) is 14.4 Å². The highest BCUT2D eigenvalue weighted by Crippen LogP contribution is 2.31. The molecule has 9 heteroatoms. The fourth-order valence-electron chi connectivity index (χ4n) is 4.62. The number of hydrogen-bond donors (Lipinski definition) is 1. The van der Waals surface area contributed by atoms with Crippen LogP contribution in [0.15, 0.2) is 67.1 Å². The van der Waals surface area contributed by atoms with Gasteiger partial charge in [-0.2, -0.15) is 0 Å². The summed E-state index contributed by atoms with van der Waals surface area (Å²) in [5, 5.41) is 3.17. The molecule has 3 aromatic rings. The highest BCUT2D eigenvalue weighted by molar-refractivity contribution is 6.09. The molecule has 0 aliphatic heterocycles. The van der Waals surface area contributed by atoms with Crippen LogP contribution in [-0.2, 0) is 9.53 Å². The van der Waals surface area contributed by atoms with Crippen molar-refractivity contribution in [2.75, 3.05) is 18.6 Å². The monoisotopic (exact) mass is 516 g/mol. The largest absolute Gasteiger partial charge is 0.497 e. The Morgan fingerprint density at radius 3 is 2.32 bits per heavy atom. The number of ether oxygens (including phenoxy) is 2. The third-order valence-electron chi connectivity index (χ3n) is 6.55. The maximum absolute atomic E-state index is 13.9. The second-order valence-electron chi connectivity index (χ2n) is 9.05. The Kier molecular flexibility index (Phi) is 9.02. The number of rotatable bonds is 9. The topological polar surface area (TPSA) is 111 Å². The average Bonchev–Trinajstić information content (AvgIpc) is 2.97. The normalized spacial score (nSPS) is 14.3. The van der Waals surface area contributed by atoms with E-state index in [2.05, 4.69) is 15.3 Å². The first-order valence-electron chi connectivity index (χ1n) is 12.8. The first-order chi connectivity index (χ1) is 18.5. The maximum Gasteiger partial charge on any atom is 0.338 e. The van der Waals surface area contributed by atoms with Gasteiger partial charge < -0.3 is 14.8 Å². The highest BCUT2D eigenvalue weighted by atomic mass is 16.5. The van der Waals surface area contributed by atoms with E-state index in [1.807, 2.05) is 0 Å². The van der Waals surface area contributed by atoms with E-state index in [0.717, 1.165) is 32.1 Å². The van der Waals surface area contributed by atoms with Crippen LogP contribution in [0.1, 0.15) is 71.5 Å². The quantitative estimate of drug-likeness (QED) is 0.417. The summed E-state index contributed by atoms with van der Waals surface area (Å²) in [7, 11) is 1.57. The van der Waals surface area contributed by atoms with Gasteiger partial charge >= 0.3 is 5.97 Å². The zero-order valence-corrected chi connectivity index (χ0v) is 21.6. The summed E-state index contributed by atoms with van der Waals surface area (Å²) in [6.07, 6.45) is 9.32. The van der Waals surface area contributed by atoms with Crippen molar-refractivity contribution in [3.05, 3.63) is 83.9 Å². The summed E-state index contributed by atoms with van der Waals surface area (Å²) < 4.78 is 10.4. The van der Waals surface area contributed by atoms with Crippen molar-refractivity contribution >= 4 is 23.5 Å². The molecule has 1 saturated carbocycles. The van der Waals surface area contributed by atoms with Crippen LogP contribution in [0.3, 0.4) is 0 Å². The van der Waals surface area contributed by atoms with Crippen LogP contribution < -0.4 is 15.0 Å². The molecule has 0 saturated heterocycles. The van der Waals surface area contributed by atoms with E-state index in [-0.39, 0.29) is 24.2 Å². The predicted molar refractivity (Wildman–Crippen MR) is 142 cm³/mol. The van der Waals surface area contributed by atoms with Crippen LogP contribution in [0.25, 0.3) is 0 Å². The Hall–Kier alpha value is -4.27. The molecular weight excluding hydrogens is 484 g/mol. The number of nitrogens with one attached hydrogen (secondary N) is 1. The molecule has 1 fully saturated rings. The fourth-order valence-corrected chi connectivity index (χ4v) is 4.62. The number of methoxy groups -OCH3 is 1. The van der Waals surface area contributed by atoms with Crippen LogP contribution in [0.4, 0.5) is 5.69 Å². The summed E-state index contributed by atoms with van der Waals surface area (Å²) in [6.45, 7) is 1.98. The van der Waals surface area contributed by atoms with Gasteiger partial charge in [0.05, 0.1) is 25.5 Å². The van der Waals surface area contributed by atoms with E-state index in [1.165, 1.54) is 23.5 Å². The standard InChI is InChI=1S/C29H32N4O5/c1-3-38-29(36)21-9-13-23(14-10-21)33(28(35)25-19-30-17-18-31-25)26(20-11-15-24(37-2)16-12-20)27(34)32-22-7-5-4-6-8-22/h9-19,22,26H,3-8H2,1-2H3,(H,32,34)/t26-/m1/s1. The van der Waals surface area contributed by atoms with E-state index in [0.29, 0.717) is 22.6 Å². The number of esters is 1. The van der Waals surface area contributed by atoms with E-state index in [4.69, 9.17) is 9.47 Å². The first kappa shape index (κ1) is 26.8. The lowest BCUT2D eigenvalue weighted by Gasteiger charge is -2.33. The van der Waals surface area contributed by atoms with Gasteiger partial charge in [-0.05, 0) is 61.7 Å². The second-order valence-corrected chi connectivity index (χ2v) is 9.05. The molecule has 38 heavy (non-hydrogen) atoms. The molecule has 4 rings (SSSR count). The molecule has 2 aromatic carbocycles. The van der Waals surface area contributed by atoms with Gasteiger partial charge in [0, 0.05) is 24.1 Å². The number of hydrogen-bond acceptors (Lipinski definition) is 7. The van der Waals surface area contributed by atoms with E-state index in [1.54, 1.807) is 62.6 Å². The van der Waals surface area contributed by atoms with Crippen molar-refractivity contribution in [1.29, 1.82) is 0 Å². The molecule has 0 bridgehead atoms.